The highest BCUT2D eigenvalue weighted by atomic mass is 16.3. The van der Waals surface area contributed by atoms with Crippen molar-refractivity contribution in [3.05, 3.63) is 29.3 Å². The molecule has 98 valence electrons. The van der Waals surface area contributed by atoms with Gasteiger partial charge in [0.2, 0.25) is 0 Å². The monoisotopic (exact) mass is 248 g/mol. The number of carbonyl (C=O) groups is 1. The maximum Gasteiger partial charge on any atom is 0.254 e. The fourth-order valence-corrected chi connectivity index (χ4v) is 2.48. The molecule has 4 nitrogen and oxygen atoms in total. The summed E-state index contributed by atoms with van der Waals surface area (Å²) in [5.74, 6) is 0.312. The summed E-state index contributed by atoms with van der Waals surface area (Å²) >= 11 is 0. The Labute approximate surface area is 107 Å². The van der Waals surface area contributed by atoms with Gasteiger partial charge in [0, 0.05) is 17.8 Å². The molecule has 0 bridgehead atoms. The summed E-state index contributed by atoms with van der Waals surface area (Å²) in [4.78, 5) is 14.1. The second kappa shape index (κ2) is 4.98. The summed E-state index contributed by atoms with van der Waals surface area (Å²) in [6.07, 6.45) is 0.943. The van der Waals surface area contributed by atoms with Gasteiger partial charge in [0.25, 0.3) is 5.91 Å². The Morgan fingerprint density at radius 1 is 1.56 bits per heavy atom. The third kappa shape index (κ3) is 2.20. The Kier molecular flexibility index (Phi) is 3.57. The highest BCUT2D eigenvalue weighted by Gasteiger charge is 2.34. The summed E-state index contributed by atoms with van der Waals surface area (Å²) in [5.41, 5.74) is 8.04. The maximum absolute atomic E-state index is 12.4. The summed E-state index contributed by atoms with van der Waals surface area (Å²) in [7, 11) is 0. The van der Waals surface area contributed by atoms with Gasteiger partial charge >= 0.3 is 0 Å². The quantitative estimate of drug-likeness (QED) is 0.778. The molecule has 1 aromatic rings. The first-order valence-corrected chi connectivity index (χ1v) is 6.32. The molecule has 1 aliphatic rings. The molecule has 1 aliphatic heterocycles. The van der Waals surface area contributed by atoms with Crippen molar-refractivity contribution in [2.45, 2.75) is 26.3 Å². The molecule has 0 spiro atoms. The summed E-state index contributed by atoms with van der Waals surface area (Å²) in [6, 6.07) is 5.30. The normalized spacial score (nSPS) is 23.4. The van der Waals surface area contributed by atoms with E-state index in [-0.39, 0.29) is 18.6 Å². The second-order valence-corrected chi connectivity index (χ2v) is 5.09. The lowest BCUT2D eigenvalue weighted by Gasteiger charge is -2.25. The molecule has 1 amide bonds. The van der Waals surface area contributed by atoms with E-state index in [1.54, 1.807) is 17.0 Å². The van der Waals surface area contributed by atoms with Gasteiger partial charge in [0.1, 0.15) is 0 Å². The highest BCUT2D eigenvalue weighted by Crippen LogP contribution is 2.26. The topological polar surface area (TPSA) is 66.6 Å². The molecule has 0 aromatic heterocycles. The van der Waals surface area contributed by atoms with E-state index in [0.717, 1.165) is 12.0 Å². The molecular formula is C14H20N2O2. The van der Waals surface area contributed by atoms with Crippen LogP contribution in [-0.2, 0) is 0 Å². The number of nitrogens with two attached hydrogens (primary N) is 1. The van der Waals surface area contributed by atoms with Gasteiger partial charge in [-0.1, -0.05) is 13.0 Å². The lowest BCUT2D eigenvalue weighted by Crippen LogP contribution is -2.39. The van der Waals surface area contributed by atoms with Gasteiger partial charge in [-0.25, -0.2) is 0 Å². The molecule has 0 saturated carbocycles. The first-order chi connectivity index (χ1) is 8.54. The first-order valence-electron chi connectivity index (χ1n) is 6.32. The standard InChI is InChI=1S/C14H20N2O2/c1-9-3-4-11(7-12(9)15)14(18)16-6-5-10(2)13(16)8-17/h3-4,7,10,13,17H,5-6,8,15H2,1-2H3. The van der Waals surface area contributed by atoms with Gasteiger partial charge in [0.05, 0.1) is 12.6 Å². The average molecular weight is 248 g/mol. The Balaban J connectivity index is 2.23. The molecule has 2 atom stereocenters. The molecule has 0 radical (unpaired) electrons. The van der Waals surface area contributed by atoms with Crippen molar-refractivity contribution in [3.8, 4) is 0 Å². The maximum atomic E-state index is 12.4. The Bertz CT molecular complexity index is 459. The van der Waals surface area contributed by atoms with E-state index in [1.807, 2.05) is 13.0 Å². The third-order valence-electron chi connectivity index (χ3n) is 3.86. The van der Waals surface area contributed by atoms with Crippen LogP contribution >= 0.6 is 0 Å². The van der Waals surface area contributed by atoms with Gasteiger partial charge in [-0.2, -0.15) is 0 Å². The van der Waals surface area contributed by atoms with Crippen LogP contribution in [0.2, 0.25) is 0 Å². The van der Waals surface area contributed by atoms with Crippen LogP contribution in [0.15, 0.2) is 18.2 Å². The molecule has 4 heteroatoms. The summed E-state index contributed by atoms with van der Waals surface area (Å²) < 4.78 is 0. The third-order valence-corrected chi connectivity index (χ3v) is 3.86. The average Bonchev–Trinajstić information content (AvgIpc) is 2.73. The van der Waals surface area contributed by atoms with E-state index >= 15 is 0 Å². The van der Waals surface area contributed by atoms with Gasteiger partial charge in [0.15, 0.2) is 0 Å². The molecule has 1 heterocycles. The number of anilines is 1. The van der Waals surface area contributed by atoms with Crippen LogP contribution in [0.1, 0.15) is 29.3 Å². The molecule has 2 rings (SSSR count). The lowest BCUT2D eigenvalue weighted by atomic mass is 10.0. The van der Waals surface area contributed by atoms with Crippen molar-refractivity contribution in [1.82, 2.24) is 4.90 Å². The Hall–Kier alpha value is -1.55. The molecule has 2 unspecified atom stereocenters. The number of nitrogen functional groups attached to an aromatic ring is 1. The molecule has 18 heavy (non-hydrogen) atoms. The molecule has 3 N–H and O–H groups in total. The number of aliphatic hydroxyl groups is 1. The summed E-state index contributed by atoms with van der Waals surface area (Å²) in [5, 5.41) is 9.38. The largest absolute Gasteiger partial charge is 0.398 e. The highest BCUT2D eigenvalue weighted by molar-refractivity contribution is 5.95. The number of hydrogen-bond donors (Lipinski definition) is 2. The molecular weight excluding hydrogens is 228 g/mol. The number of amides is 1. The molecule has 1 saturated heterocycles. The van der Waals surface area contributed by atoms with E-state index in [1.165, 1.54) is 0 Å². The minimum atomic E-state index is -0.0694. The minimum Gasteiger partial charge on any atom is -0.398 e. The van der Waals surface area contributed by atoms with Crippen LogP contribution < -0.4 is 5.73 Å². The van der Waals surface area contributed by atoms with Crippen LogP contribution in [0, 0.1) is 12.8 Å². The van der Waals surface area contributed by atoms with Crippen molar-refractivity contribution >= 4 is 11.6 Å². The van der Waals surface area contributed by atoms with E-state index in [2.05, 4.69) is 6.92 Å². The Morgan fingerprint density at radius 3 is 2.89 bits per heavy atom. The number of aryl methyl sites for hydroxylation is 1. The number of carbonyl (C=O) groups excluding carboxylic acids is 1. The van der Waals surface area contributed by atoms with E-state index in [4.69, 9.17) is 5.73 Å². The van der Waals surface area contributed by atoms with Crippen LogP contribution in [-0.4, -0.2) is 35.1 Å². The lowest BCUT2D eigenvalue weighted by molar-refractivity contribution is 0.0648. The molecule has 1 fully saturated rings. The number of likely N-dealkylation sites (tertiary alicyclic amines) is 1. The zero-order valence-electron chi connectivity index (χ0n) is 10.9. The van der Waals surface area contributed by atoms with Gasteiger partial charge in [-0.05, 0) is 37.0 Å². The van der Waals surface area contributed by atoms with E-state index in [0.29, 0.717) is 23.7 Å². The van der Waals surface area contributed by atoms with Crippen molar-refractivity contribution in [2.75, 3.05) is 18.9 Å². The van der Waals surface area contributed by atoms with Crippen molar-refractivity contribution in [3.63, 3.8) is 0 Å². The van der Waals surface area contributed by atoms with Crippen molar-refractivity contribution in [2.24, 2.45) is 5.92 Å². The van der Waals surface area contributed by atoms with Crippen LogP contribution in [0.4, 0.5) is 5.69 Å². The number of rotatable bonds is 2. The zero-order valence-corrected chi connectivity index (χ0v) is 10.9. The fraction of sp³-hybridized carbons (Fsp3) is 0.500. The smallest absolute Gasteiger partial charge is 0.254 e. The first kappa shape index (κ1) is 12.9. The fourth-order valence-electron chi connectivity index (χ4n) is 2.48. The van der Waals surface area contributed by atoms with Gasteiger partial charge < -0.3 is 15.7 Å². The summed E-state index contributed by atoms with van der Waals surface area (Å²) in [6.45, 7) is 4.71. The SMILES string of the molecule is Cc1ccc(C(=O)N2CCC(C)C2CO)cc1N. The predicted octanol–water partition coefficient (Wildman–Crippen LogP) is 1.42. The number of aliphatic hydroxyl groups excluding tert-OH is 1. The van der Waals surface area contributed by atoms with Gasteiger partial charge in [-0.3, -0.25) is 4.79 Å². The minimum absolute atomic E-state index is 0.0221. The number of nitrogens with zero attached hydrogens (tertiary/aromatic N) is 1. The number of hydrogen-bond acceptors (Lipinski definition) is 3. The van der Waals surface area contributed by atoms with Crippen molar-refractivity contribution < 1.29 is 9.90 Å². The van der Waals surface area contributed by atoms with Crippen molar-refractivity contribution in [1.29, 1.82) is 0 Å². The van der Waals surface area contributed by atoms with E-state index < -0.39 is 0 Å². The zero-order chi connectivity index (χ0) is 13.3. The van der Waals surface area contributed by atoms with Crippen LogP contribution in [0.3, 0.4) is 0 Å². The molecule has 1 aromatic carbocycles. The molecule has 0 aliphatic carbocycles. The van der Waals surface area contributed by atoms with E-state index in [9.17, 15) is 9.90 Å². The second-order valence-electron chi connectivity index (χ2n) is 5.09. The van der Waals surface area contributed by atoms with Crippen LogP contribution in [0.5, 0.6) is 0 Å². The van der Waals surface area contributed by atoms with Crippen LogP contribution in [0.25, 0.3) is 0 Å². The predicted molar refractivity (Wildman–Crippen MR) is 71.3 cm³/mol. The Morgan fingerprint density at radius 2 is 2.28 bits per heavy atom. The van der Waals surface area contributed by atoms with Gasteiger partial charge in [-0.15, -0.1) is 0 Å². The number of benzene rings is 1.